The fourth-order valence-electron chi connectivity index (χ4n) is 3.88. The number of carbonyl (C=O) groups is 3. The van der Waals surface area contributed by atoms with Crippen molar-refractivity contribution in [3.8, 4) is 5.69 Å². The van der Waals surface area contributed by atoms with Gasteiger partial charge in [-0.25, -0.2) is 0 Å². The zero-order valence-electron chi connectivity index (χ0n) is 19.0. The molecule has 0 radical (unpaired) electrons. The van der Waals surface area contributed by atoms with Gasteiger partial charge in [0, 0.05) is 22.8 Å². The molecule has 6 nitrogen and oxygen atoms in total. The third kappa shape index (κ3) is 4.64. The molecule has 0 spiro atoms. The molecule has 0 atom stereocenters. The monoisotopic (exact) mass is 459 g/mol. The molecule has 4 rings (SSSR count). The van der Waals surface area contributed by atoms with Gasteiger partial charge in [0.2, 0.25) is 5.91 Å². The van der Waals surface area contributed by atoms with Gasteiger partial charge in [-0.1, -0.05) is 35.9 Å². The van der Waals surface area contributed by atoms with E-state index in [1.807, 2.05) is 51.1 Å². The summed E-state index contributed by atoms with van der Waals surface area (Å²) >= 11 is 0.859. The lowest BCUT2D eigenvalue weighted by atomic mass is 10.2. The third-order valence-corrected chi connectivity index (χ3v) is 6.53. The van der Waals surface area contributed by atoms with Gasteiger partial charge in [-0.05, 0) is 80.9 Å². The second-order valence-corrected chi connectivity index (χ2v) is 9.12. The summed E-state index contributed by atoms with van der Waals surface area (Å²) in [5.41, 5.74) is 6.79. The quantitative estimate of drug-likeness (QED) is 0.520. The van der Waals surface area contributed by atoms with Gasteiger partial charge in [0.1, 0.15) is 6.54 Å². The number of nitrogens with one attached hydrogen (secondary N) is 1. The Morgan fingerprint density at radius 2 is 1.70 bits per heavy atom. The summed E-state index contributed by atoms with van der Waals surface area (Å²) in [6.07, 6.45) is 1.74. The van der Waals surface area contributed by atoms with Gasteiger partial charge in [-0.15, -0.1) is 0 Å². The minimum Gasteiger partial charge on any atom is -0.325 e. The molecule has 7 heteroatoms. The Kier molecular flexibility index (Phi) is 6.24. The van der Waals surface area contributed by atoms with Crippen molar-refractivity contribution in [1.82, 2.24) is 9.47 Å². The number of para-hydroxylation sites is 1. The Balaban J connectivity index is 1.53. The number of benzene rings is 2. The second-order valence-electron chi connectivity index (χ2n) is 8.13. The molecular formula is C26H25N3O3S. The highest BCUT2D eigenvalue weighted by Crippen LogP contribution is 2.34. The number of rotatable bonds is 5. The van der Waals surface area contributed by atoms with Crippen LogP contribution in [-0.2, 0) is 9.59 Å². The lowest BCUT2D eigenvalue weighted by molar-refractivity contribution is -0.127. The number of amides is 3. The largest absolute Gasteiger partial charge is 0.325 e. The number of aromatic nitrogens is 1. The Morgan fingerprint density at radius 1 is 1.00 bits per heavy atom. The summed E-state index contributed by atoms with van der Waals surface area (Å²) in [4.78, 5) is 39.1. The van der Waals surface area contributed by atoms with Gasteiger partial charge in [0.05, 0.1) is 4.91 Å². The molecule has 1 aliphatic rings. The van der Waals surface area contributed by atoms with E-state index in [4.69, 9.17) is 0 Å². The molecule has 3 aromatic rings. The van der Waals surface area contributed by atoms with Crippen LogP contribution in [0.5, 0.6) is 0 Å². The smallest absolute Gasteiger partial charge is 0.294 e. The van der Waals surface area contributed by atoms with Gasteiger partial charge in [0.15, 0.2) is 0 Å². The summed E-state index contributed by atoms with van der Waals surface area (Å²) in [7, 11) is 0. The predicted octanol–water partition coefficient (Wildman–Crippen LogP) is 5.39. The van der Waals surface area contributed by atoms with Crippen LogP contribution >= 0.6 is 11.8 Å². The average Bonchev–Trinajstić information content (AvgIpc) is 3.19. The number of thioether (sulfide) groups is 1. The van der Waals surface area contributed by atoms with Gasteiger partial charge < -0.3 is 9.88 Å². The number of aryl methyl sites for hydroxylation is 3. The van der Waals surface area contributed by atoms with Crippen LogP contribution in [0.25, 0.3) is 11.8 Å². The lowest BCUT2D eigenvalue weighted by Crippen LogP contribution is -2.36. The van der Waals surface area contributed by atoms with Gasteiger partial charge in [-0.3, -0.25) is 19.3 Å². The Hall–Kier alpha value is -3.58. The summed E-state index contributed by atoms with van der Waals surface area (Å²) in [6.45, 7) is 7.69. The van der Waals surface area contributed by atoms with Gasteiger partial charge in [-0.2, -0.15) is 0 Å². The standard InChI is InChI=1S/C26H25N3O3S/c1-16-9-11-21(12-10-16)27-24(30)15-28-25(31)23(33-26(28)32)14-20-13-18(3)29(19(20)4)22-8-6-5-7-17(22)2/h5-14H,15H2,1-4H3,(H,27,30)/b23-14+. The molecule has 168 valence electrons. The van der Waals surface area contributed by atoms with Gasteiger partial charge >= 0.3 is 0 Å². The van der Waals surface area contributed by atoms with Crippen molar-refractivity contribution < 1.29 is 14.4 Å². The first-order chi connectivity index (χ1) is 15.7. The third-order valence-electron chi connectivity index (χ3n) is 5.62. The van der Waals surface area contributed by atoms with Crippen LogP contribution < -0.4 is 5.32 Å². The first-order valence-corrected chi connectivity index (χ1v) is 11.4. The molecule has 0 aliphatic carbocycles. The highest BCUT2D eigenvalue weighted by Gasteiger charge is 2.36. The van der Waals surface area contributed by atoms with Crippen molar-refractivity contribution in [2.24, 2.45) is 0 Å². The summed E-state index contributed by atoms with van der Waals surface area (Å²) < 4.78 is 2.14. The molecule has 3 amide bonds. The number of hydrogen-bond acceptors (Lipinski definition) is 4. The molecule has 2 heterocycles. The van der Waals surface area contributed by atoms with E-state index in [1.54, 1.807) is 18.2 Å². The number of imide groups is 1. The van der Waals surface area contributed by atoms with E-state index in [0.29, 0.717) is 10.6 Å². The molecule has 1 aliphatic heterocycles. The van der Waals surface area contributed by atoms with Crippen LogP contribution in [0.15, 0.2) is 59.5 Å². The van der Waals surface area contributed by atoms with Crippen LogP contribution in [0.4, 0.5) is 10.5 Å². The van der Waals surface area contributed by atoms with E-state index in [1.165, 1.54) is 0 Å². The zero-order valence-corrected chi connectivity index (χ0v) is 19.8. The zero-order chi connectivity index (χ0) is 23.7. The minimum absolute atomic E-state index is 0.313. The Labute approximate surface area is 197 Å². The summed E-state index contributed by atoms with van der Waals surface area (Å²) in [5, 5.41) is 2.28. The van der Waals surface area contributed by atoms with Crippen molar-refractivity contribution in [2.45, 2.75) is 27.7 Å². The SMILES string of the molecule is Cc1ccc(NC(=O)CN2C(=O)S/C(=C/c3cc(C)n(-c4ccccc4C)c3C)C2=O)cc1. The van der Waals surface area contributed by atoms with E-state index in [-0.39, 0.29) is 6.54 Å². The van der Waals surface area contributed by atoms with Crippen molar-refractivity contribution in [2.75, 3.05) is 11.9 Å². The maximum atomic E-state index is 12.9. The molecule has 2 aromatic carbocycles. The van der Waals surface area contributed by atoms with Crippen LogP contribution in [0.1, 0.15) is 28.1 Å². The Bertz CT molecular complexity index is 1290. The van der Waals surface area contributed by atoms with Gasteiger partial charge in [0.25, 0.3) is 11.1 Å². The number of hydrogen-bond donors (Lipinski definition) is 1. The average molecular weight is 460 g/mol. The second kappa shape index (κ2) is 9.11. The molecular weight excluding hydrogens is 434 g/mol. The lowest BCUT2D eigenvalue weighted by Gasteiger charge is -2.13. The van der Waals surface area contributed by atoms with Crippen LogP contribution in [-0.4, -0.2) is 33.1 Å². The van der Waals surface area contributed by atoms with E-state index in [0.717, 1.165) is 50.4 Å². The van der Waals surface area contributed by atoms with Crippen LogP contribution in [0.3, 0.4) is 0 Å². The minimum atomic E-state index is -0.454. The first kappa shape index (κ1) is 22.6. The number of carbonyl (C=O) groups excluding carboxylic acids is 3. The maximum absolute atomic E-state index is 12.9. The van der Waals surface area contributed by atoms with E-state index in [2.05, 4.69) is 28.9 Å². The maximum Gasteiger partial charge on any atom is 0.294 e. The van der Waals surface area contributed by atoms with Crippen molar-refractivity contribution >= 4 is 40.6 Å². The van der Waals surface area contributed by atoms with Crippen LogP contribution in [0, 0.1) is 27.7 Å². The van der Waals surface area contributed by atoms with E-state index < -0.39 is 17.1 Å². The molecule has 1 N–H and O–H groups in total. The van der Waals surface area contributed by atoms with Crippen molar-refractivity contribution in [3.05, 3.63) is 87.6 Å². The predicted molar refractivity (Wildman–Crippen MR) is 132 cm³/mol. The normalized spacial score (nSPS) is 14.9. The number of nitrogens with zero attached hydrogens (tertiary/aromatic N) is 2. The fraction of sp³-hybridized carbons (Fsp3) is 0.192. The van der Waals surface area contributed by atoms with Crippen molar-refractivity contribution in [3.63, 3.8) is 0 Å². The molecule has 33 heavy (non-hydrogen) atoms. The molecule has 1 fully saturated rings. The highest BCUT2D eigenvalue weighted by molar-refractivity contribution is 8.18. The van der Waals surface area contributed by atoms with E-state index >= 15 is 0 Å². The molecule has 0 saturated carbocycles. The molecule has 0 bridgehead atoms. The van der Waals surface area contributed by atoms with E-state index in [9.17, 15) is 14.4 Å². The topological polar surface area (TPSA) is 71.4 Å². The molecule has 0 unspecified atom stereocenters. The highest BCUT2D eigenvalue weighted by atomic mass is 32.2. The first-order valence-electron chi connectivity index (χ1n) is 10.6. The van der Waals surface area contributed by atoms with Crippen LogP contribution in [0.2, 0.25) is 0 Å². The molecule has 1 saturated heterocycles. The summed E-state index contributed by atoms with van der Waals surface area (Å²) in [6, 6.07) is 17.4. The number of anilines is 1. The Morgan fingerprint density at radius 3 is 2.39 bits per heavy atom. The molecule has 1 aromatic heterocycles. The summed E-state index contributed by atoms with van der Waals surface area (Å²) in [5.74, 6) is -0.870. The fourth-order valence-corrected chi connectivity index (χ4v) is 4.71. The van der Waals surface area contributed by atoms with Crippen molar-refractivity contribution in [1.29, 1.82) is 0 Å².